The molecule has 0 fully saturated rings. The van der Waals surface area contributed by atoms with Gasteiger partial charge in [-0.15, -0.1) is 11.3 Å². The SMILES string of the molecule is CCc1ccc(C(=O)NCC(F)(F)CO)s1. The zero-order chi connectivity index (χ0) is 12.2. The number of thiophene rings is 1. The summed E-state index contributed by atoms with van der Waals surface area (Å²) < 4.78 is 25.3. The zero-order valence-corrected chi connectivity index (χ0v) is 9.61. The Labute approximate surface area is 96.1 Å². The Morgan fingerprint density at radius 2 is 2.25 bits per heavy atom. The van der Waals surface area contributed by atoms with E-state index in [9.17, 15) is 13.6 Å². The second-order valence-electron chi connectivity index (χ2n) is 3.32. The average Bonchev–Trinajstić information content (AvgIpc) is 2.74. The molecule has 6 heteroatoms. The van der Waals surface area contributed by atoms with Crippen molar-refractivity contribution in [3.05, 3.63) is 21.9 Å². The number of hydrogen-bond acceptors (Lipinski definition) is 3. The molecule has 0 aliphatic heterocycles. The molecule has 1 aromatic rings. The first-order chi connectivity index (χ1) is 7.48. The highest BCUT2D eigenvalue weighted by molar-refractivity contribution is 7.14. The van der Waals surface area contributed by atoms with Gasteiger partial charge in [-0.3, -0.25) is 4.79 Å². The van der Waals surface area contributed by atoms with E-state index >= 15 is 0 Å². The summed E-state index contributed by atoms with van der Waals surface area (Å²) in [5.74, 6) is -3.79. The van der Waals surface area contributed by atoms with Gasteiger partial charge in [0.1, 0.15) is 6.61 Å². The Hall–Kier alpha value is -1.01. The van der Waals surface area contributed by atoms with Crippen molar-refractivity contribution < 1.29 is 18.7 Å². The maximum Gasteiger partial charge on any atom is 0.287 e. The number of rotatable bonds is 5. The molecule has 1 rings (SSSR count). The molecule has 0 aliphatic rings. The molecule has 1 amide bonds. The lowest BCUT2D eigenvalue weighted by molar-refractivity contribution is -0.0461. The third-order valence-corrected chi connectivity index (χ3v) is 3.20. The van der Waals surface area contributed by atoms with Gasteiger partial charge in [-0.2, -0.15) is 0 Å². The molecule has 2 N–H and O–H groups in total. The van der Waals surface area contributed by atoms with Crippen LogP contribution in [0.15, 0.2) is 12.1 Å². The fourth-order valence-corrected chi connectivity index (χ4v) is 1.91. The van der Waals surface area contributed by atoms with Crippen LogP contribution in [-0.4, -0.2) is 30.1 Å². The number of alkyl halides is 2. The number of aliphatic hydroxyl groups excluding tert-OH is 1. The molecule has 3 nitrogen and oxygen atoms in total. The van der Waals surface area contributed by atoms with E-state index in [2.05, 4.69) is 5.32 Å². The van der Waals surface area contributed by atoms with E-state index in [1.807, 2.05) is 6.92 Å². The second kappa shape index (κ2) is 5.36. The highest BCUT2D eigenvalue weighted by Crippen LogP contribution is 2.17. The van der Waals surface area contributed by atoms with Crippen LogP contribution in [0.25, 0.3) is 0 Å². The number of carbonyl (C=O) groups excluding carboxylic acids is 1. The zero-order valence-electron chi connectivity index (χ0n) is 8.80. The highest BCUT2D eigenvalue weighted by Gasteiger charge is 2.28. The number of aryl methyl sites for hydroxylation is 1. The van der Waals surface area contributed by atoms with Crippen molar-refractivity contribution in [1.82, 2.24) is 5.32 Å². The van der Waals surface area contributed by atoms with Gasteiger partial charge in [0, 0.05) is 4.88 Å². The van der Waals surface area contributed by atoms with Crippen LogP contribution in [-0.2, 0) is 6.42 Å². The summed E-state index contributed by atoms with van der Waals surface area (Å²) in [7, 11) is 0. The lowest BCUT2D eigenvalue weighted by Crippen LogP contribution is -2.38. The number of carbonyl (C=O) groups is 1. The van der Waals surface area contributed by atoms with Crippen LogP contribution in [0, 0.1) is 0 Å². The molecule has 1 heterocycles. The van der Waals surface area contributed by atoms with Crippen LogP contribution >= 0.6 is 11.3 Å². The van der Waals surface area contributed by atoms with Crippen LogP contribution in [0.2, 0.25) is 0 Å². The van der Waals surface area contributed by atoms with E-state index in [4.69, 9.17) is 5.11 Å². The highest BCUT2D eigenvalue weighted by atomic mass is 32.1. The molecule has 1 aromatic heterocycles. The van der Waals surface area contributed by atoms with E-state index in [-0.39, 0.29) is 0 Å². The van der Waals surface area contributed by atoms with Crippen molar-refractivity contribution in [2.75, 3.05) is 13.2 Å². The largest absolute Gasteiger partial charge is 0.390 e. The minimum atomic E-state index is -3.26. The Bertz CT molecular complexity index is 365. The number of amides is 1. The van der Waals surface area contributed by atoms with Crippen molar-refractivity contribution in [1.29, 1.82) is 0 Å². The van der Waals surface area contributed by atoms with E-state index in [1.165, 1.54) is 11.3 Å². The summed E-state index contributed by atoms with van der Waals surface area (Å²) in [5.41, 5.74) is 0. The third kappa shape index (κ3) is 3.53. The van der Waals surface area contributed by atoms with E-state index in [0.717, 1.165) is 11.3 Å². The Kier molecular flexibility index (Phi) is 4.37. The van der Waals surface area contributed by atoms with E-state index in [0.29, 0.717) is 4.88 Å². The van der Waals surface area contributed by atoms with Gasteiger partial charge in [0.05, 0.1) is 11.4 Å². The molecule has 90 valence electrons. The van der Waals surface area contributed by atoms with Crippen LogP contribution in [0.4, 0.5) is 8.78 Å². The molecule has 0 bridgehead atoms. The summed E-state index contributed by atoms with van der Waals surface area (Å²) in [6.07, 6.45) is 0.810. The summed E-state index contributed by atoms with van der Waals surface area (Å²) in [6, 6.07) is 3.40. The minimum absolute atomic E-state index is 0.408. The standard InChI is InChI=1S/C10H13F2NO2S/c1-2-7-3-4-8(16-7)9(15)13-5-10(11,12)6-14/h3-4,14H,2,5-6H2,1H3,(H,13,15). The van der Waals surface area contributed by atoms with Gasteiger partial charge in [-0.25, -0.2) is 8.78 Å². The lowest BCUT2D eigenvalue weighted by atomic mass is 10.3. The summed E-state index contributed by atoms with van der Waals surface area (Å²) in [5, 5.41) is 10.4. The van der Waals surface area contributed by atoms with Gasteiger partial charge in [0.15, 0.2) is 0 Å². The first-order valence-corrected chi connectivity index (χ1v) is 5.66. The van der Waals surface area contributed by atoms with Crippen LogP contribution in [0.5, 0.6) is 0 Å². The van der Waals surface area contributed by atoms with Crippen molar-refractivity contribution in [2.24, 2.45) is 0 Å². The topological polar surface area (TPSA) is 49.3 Å². The van der Waals surface area contributed by atoms with Gasteiger partial charge < -0.3 is 10.4 Å². The fraction of sp³-hybridized carbons (Fsp3) is 0.500. The van der Waals surface area contributed by atoms with Crippen molar-refractivity contribution in [3.63, 3.8) is 0 Å². The van der Waals surface area contributed by atoms with Crippen LogP contribution in [0.3, 0.4) is 0 Å². The van der Waals surface area contributed by atoms with Gasteiger partial charge in [0.2, 0.25) is 0 Å². The molecular weight excluding hydrogens is 236 g/mol. The Balaban J connectivity index is 2.53. The first kappa shape index (κ1) is 13.1. The lowest BCUT2D eigenvalue weighted by Gasteiger charge is -2.13. The average molecular weight is 249 g/mol. The van der Waals surface area contributed by atoms with Crippen molar-refractivity contribution in [3.8, 4) is 0 Å². The predicted octanol–water partition coefficient (Wildman–Crippen LogP) is 1.67. The molecule has 0 aromatic carbocycles. The Morgan fingerprint density at radius 1 is 1.56 bits per heavy atom. The summed E-state index contributed by atoms with van der Waals surface area (Å²) in [6.45, 7) is -0.160. The van der Waals surface area contributed by atoms with Crippen LogP contribution < -0.4 is 5.32 Å². The maximum absolute atomic E-state index is 12.6. The molecule has 0 spiro atoms. The van der Waals surface area contributed by atoms with E-state index < -0.39 is 25.0 Å². The number of hydrogen-bond donors (Lipinski definition) is 2. The number of aliphatic hydroxyl groups is 1. The molecule has 0 saturated carbocycles. The fourth-order valence-electron chi connectivity index (χ4n) is 1.04. The normalized spacial score (nSPS) is 11.5. The van der Waals surface area contributed by atoms with Crippen molar-refractivity contribution in [2.45, 2.75) is 19.3 Å². The summed E-state index contributed by atoms with van der Waals surface area (Å²) >= 11 is 1.28. The maximum atomic E-state index is 12.6. The predicted molar refractivity (Wildman–Crippen MR) is 58.1 cm³/mol. The number of nitrogens with one attached hydrogen (secondary N) is 1. The van der Waals surface area contributed by atoms with Gasteiger partial charge in [-0.05, 0) is 18.6 Å². The second-order valence-corrected chi connectivity index (χ2v) is 4.48. The van der Waals surface area contributed by atoms with Crippen molar-refractivity contribution >= 4 is 17.2 Å². The van der Waals surface area contributed by atoms with Gasteiger partial charge in [0.25, 0.3) is 11.8 Å². The van der Waals surface area contributed by atoms with Gasteiger partial charge in [-0.1, -0.05) is 6.92 Å². The third-order valence-electron chi connectivity index (χ3n) is 1.97. The minimum Gasteiger partial charge on any atom is -0.390 e. The Morgan fingerprint density at radius 3 is 2.75 bits per heavy atom. The quantitative estimate of drug-likeness (QED) is 0.834. The molecule has 0 aliphatic carbocycles. The first-order valence-electron chi connectivity index (χ1n) is 4.84. The molecular formula is C10H13F2NO2S. The molecule has 0 radical (unpaired) electrons. The van der Waals surface area contributed by atoms with E-state index in [1.54, 1.807) is 12.1 Å². The molecule has 0 unspecified atom stereocenters. The molecule has 0 atom stereocenters. The molecule has 0 saturated heterocycles. The summed E-state index contributed by atoms with van der Waals surface area (Å²) in [4.78, 5) is 12.9. The monoisotopic (exact) mass is 249 g/mol. The van der Waals surface area contributed by atoms with Gasteiger partial charge >= 0.3 is 0 Å². The number of halogens is 2. The smallest absolute Gasteiger partial charge is 0.287 e. The van der Waals surface area contributed by atoms with Crippen LogP contribution in [0.1, 0.15) is 21.5 Å². The molecule has 16 heavy (non-hydrogen) atoms.